The molecule has 1 atom stereocenters. The van der Waals surface area contributed by atoms with Gasteiger partial charge in [0.15, 0.2) is 0 Å². The Morgan fingerprint density at radius 3 is 2.84 bits per heavy atom. The summed E-state index contributed by atoms with van der Waals surface area (Å²) in [5.74, 6) is 0.00192. The summed E-state index contributed by atoms with van der Waals surface area (Å²) in [7, 11) is 0. The van der Waals surface area contributed by atoms with Gasteiger partial charge in [0.1, 0.15) is 0 Å². The Hall–Kier alpha value is -1.26. The number of hydrogen-bond donors (Lipinski definition) is 2. The van der Waals surface area contributed by atoms with E-state index in [-0.39, 0.29) is 24.4 Å². The normalized spacial score (nSPS) is 18.4. The molecule has 1 aromatic carbocycles. The van der Waals surface area contributed by atoms with Crippen LogP contribution in [0.4, 0.5) is 11.4 Å². The molecule has 4 nitrogen and oxygen atoms in total. The molecule has 0 aromatic heterocycles. The van der Waals surface area contributed by atoms with Crippen molar-refractivity contribution < 1.29 is 9.53 Å². The van der Waals surface area contributed by atoms with E-state index >= 15 is 0 Å². The smallest absolute Gasteiger partial charge is 0.224 e. The lowest BCUT2D eigenvalue weighted by Crippen LogP contribution is -2.22. The molecule has 1 aliphatic heterocycles. The molecule has 1 saturated heterocycles. The fourth-order valence-electron chi connectivity index (χ4n) is 2.15. The zero-order chi connectivity index (χ0) is 12.8. The molecule has 0 saturated carbocycles. The predicted molar refractivity (Wildman–Crippen MR) is 79.6 cm³/mol. The summed E-state index contributed by atoms with van der Waals surface area (Å²) in [6.07, 6.45) is 4.94. The summed E-state index contributed by atoms with van der Waals surface area (Å²) < 4.78 is 5.60. The van der Waals surface area contributed by atoms with E-state index in [0.717, 1.165) is 25.9 Å². The molecule has 0 spiro atoms. The van der Waals surface area contributed by atoms with Gasteiger partial charge in [0.25, 0.3) is 0 Å². The molecule has 2 rings (SSSR count). The molecule has 1 amide bonds. The Labute approximate surface area is 120 Å². The molecule has 1 unspecified atom stereocenters. The van der Waals surface area contributed by atoms with Crippen LogP contribution >= 0.6 is 12.4 Å². The highest BCUT2D eigenvalue weighted by Crippen LogP contribution is 2.19. The van der Waals surface area contributed by atoms with Gasteiger partial charge in [0.2, 0.25) is 5.91 Å². The van der Waals surface area contributed by atoms with Crippen molar-refractivity contribution in [3.63, 3.8) is 0 Å². The second-order valence-corrected chi connectivity index (χ2v) is 4.66. The van der Waals surface area contributed by atoms with Gasteiger partial charge in [-0.3, -0.25) is 4.79 Å². The van der Waals surface area contributed by atoms with Crippen LogP contribution < -0.4 is 11.1 Å². The van der Waals surface area contributed by atoms with E-state index in [4.69, 9.17) is 10.5 Å². The average Bonchev–Trinajstić information content (AvgIpc) is 2.40. The van der Waals surface area contributed by atoms with Crippen LogP contribution in [0.15, 0.2) is 24.3 Å². The zero-order valence-corrected chi connectivity index (χ0v) is 11.7. The van der Waals surface area contributed by atoms with Crippen LogP contribution in [0.1, 0.15) is 32.1 Å². The summed E-state index contributed by atoms with van der Waals surface area (Å²) in [5.41, 5.74) is 7.05. The minimum absolute atomic E-state index is 0. The van der Waals surface area contributed by atoms with E-state index in [9.17, 15) is 4.79 Å². The van der Waals surface area contributed by atoms with Crippen molar-refractivity contribution in [2.24, 2.45) is 0 Å². The summed E-state index contributed by atoms with van der Waals surface area (Å²) in [4.78, 5) is 11.8. The van der Waals surface area contributed by atoms with E-state index in [1.165, 1.54) is 6.42 Å². The largest absolute Gasteiger partial charge is 0.397 e. The number of halogens is 1. The number of hydrogen-bond acceptors (Lipinski definition) is 3. The molecule has 106 valence electrons. The number of nitrogens with two attached hydrogens (primary N) is 1. The Morgan fingerprint density at radius 2 is 2.16 bits per heavy atom. The van der Waals surface area contributed by atoms with Gasteiger partial charge < -0.3 is 15.8 Å². The minimum atomic E-state index is 0. The number of amides is 1. The van der Waals surface area contributed by atoms with Crippen molar-refractivity contribution in [3.8, 4) is 0 Å². The summed E-state index contributed by atoms with van der Waals surface area (Å²) in [6, 6.07) is 7.29. The first-order chi connectivity index (χ1) is 8.75. The van der Waals surface area contributed by atoms with Crippen LogP contribution in [0, 0.1) is 0 Å². The number of carbonyl (C=O) groups is 1. The molecule has 0 aliphatic carbocycles. The van der Waals surface area contributed by atoms with Crippen LogP contribution in [0.3, 0.4) is 0 Å². The highest BCUT2D eigenvalue weighted by atomic mass is 35.5. The fourth-order valence-corrected chi connectivity index (χ4v) is 2.15. The van der Waals surface area contributed by atoms with E-state index in [1.54, 1.807) is 6.07 Å². The maximum Gasteiger partial charge on any atom is 0.224 e. The zero-order valence-electron chi connectivity index (χ0n) is 10.9. The van der Waals surface area contributed by atoms with E-state index < -0.39 is 0 Å². The number of rotatable bonds is 4. The number of para-hydroxylation sites is 2. The number of benzene rings is 1. The standard InChI is InChI=1S/C14H20N2O2.ClH/c15-12-6-1-2-7-13(12)16-14(17)9-8-11-5-3-4-10-18-11;/h1-2,6-7,11H,3-5,8-10,15H2,(H,16,17);1H. The van der Waals surface area contributed by atoms with Gasteiger partial charge in [0, 0.05) is 13.0 Å². The summed E-state index contributed by atoms with van der Waals surface area (Å²) >= 11 is 0. The molecule has 1 aromatic rings. The molecular weight excluding hydrogens is 264 g/mol. The van der Waals surface area contributed by atoms with Gasteiger partial charge in [-0.2, -0.15) is 0 Å². The first-order valence-electron chi connectivity index (χ1n) is 6.51. The fraction of sp³-hybridized carbons (Fsp3) is 0.500. The van der Waals surface area contributed by atoms with E-state index in [1.807, 2.05) is 18.2 Å². The van der Waals surface area contributed by atoms with Crippen molar-refractivity contribution in [1.29, 1.82) is 0 Å². The first-order valence-corrected chi connectivity index (χ1v) is 6.51. The van der Waals surface area contributed by atoms with Crippen LogP contribution in [0.25, 0.3) is 0 Å². The number of nitrogen functional groups attached to an aromatic ring is 1. The monoisotopic (exact) mass is 284 g/mol. The third-order valence-corrected chi connectivity index (χ3v) is 3.20. The first kappa shape index (κ1) is 15.8. The molecule has 1 heterocycles. The van der Waals surface area contributed by atoms with Crippen molar-refractivity contribution in [2.45, 2.75) is 38.2 Å². The molecule has 1 aliphatic rings. The highest BCUT2D eigenvalue weighted by molar-refractivity contribution is 5.93. The topological polar surface area (TPSA) is 64.3 Å². The van der Waals surface area contributed by atoms with Gasteiger partial charge >= 0.3 is 0 Å². The SMILES string of the molecule is Cl.Nc1ccccc1NC(=O)CCC1CCCCO1. The van der Waals surface area contributed by atoms with Gasteiger partial charge in [-0.05, 0) is 37.8 Å². The highest BCUT2D eigenvalue weighted by Gasteiger charge is 2.15. The lowest BCUT2D eigenvalue weighted by atomic mass is 10.0. The molecule has 3 N–H and O–H groups in total. The third kappa shape index (κ3) is 5.09. The Kier molecular flexibility index (Phi) is 6.67. The van der Waals surface area contributed by atoms with Crippen molar-refractivity contribution >= 4 is 29.7 Å². The quantitative estimate of drug-likeness (QED) is 0.836. The Morgan fingerprint density at radius 1 is 1.37 bits per heavy atom. The second-order valence-electron chi connectivity index (χ2n) is 4.66. The van der Waals surface area contributed by atoms with Crippen molar-refractivity contribution in [1.82, 2.24) is 0 Å². The minimum Gasteiger partial charge on any atom is -0.397 e. The van der Waals surface area contributed by atoms with Crippen LogP contribution in [0.2, 0.25) is 0 Å². The molecule has 5 heteroatoms. The predicted octanol–water partition coefficient (Wildman–Crippen LogP) is 2.98. The third-order valence-electron chi connectivity index (χ3n) is 3.20. The Bertz CT molecular complexity index is 406. The number of nitrogens with one attached hydrogen (secondary N) is 1. The van der Waals surface area contributed by atoms with Crippen molar-refractivity contribution in [2.75, 3.05) is 17.7 Å². The lowest BCUT2D eigenvalue weighted by molar-refractivity contribution is -0.117. The number of anilines is 2. The van der Waals surface area contributed by atoms with Gasteiger partial charge in [-0.1, -0.05) is 12.1 Å². The maximum absolute atomic E-state index is 11.8. The van der Waals surface area contributed by atoms with E-state index in [2.05, 4.69) is 5.32 Å². The van der Waals surface area contributed by atoms with Crippen LogP contribution in [-0.2, 0) is 9.53 Å². The number of carbonyl (C=O) groups excluding carboxylic acids is 1. The van der Waals surface area contributed by atoms with Gasteiger partial charge in [-0.15, -0.1) is 12.4 Å². The van der Waals surface area contributed by atoms with Gasteiger partial charge in [0.05, 0.1) is 17.5 Å². The second kappa shape index (κ2) is 8.02. The molecule has 0 bridgehead atoms. The summed E-state index contributed by atoms with van der Waals surface area (Å²) in [5, 5.41) is 2.83. The Balaban J connectivity index is 0.00000180. The van der Waals surface area contributed by atoms with Crippen molar-refractivity contribution in [3.05, 3.63) is 24.3 Å². The molecule has 0 radical (unpaired) electrons. The van der Waals surface area contributed by atoms with E-state index in [0.29, 0.717) is 17.8 Å². The average molecular weight is 285 g/mol. The molecule has 19 heavy (non-hydrogen) atoms. The molecule has 1 fully saturated rings. The van der Waals surface area contributed by atoms with Crippen LogP contribution in [0.5, 0.6) is 0 Å². The summed E-state index contributed by atoms with van der Waals surface area (Å²) in [6.45, 7) is 0.831. The van der Waals surface area contributed by atoms with Crippen LogP contribution in [-0.4, -0.2) is 18.6 Å². The maximum atomic E-state index is 11.8. The van der Waals surface area contributed by atoms with Gasteiger partial charge in [-0.25, -0.2) is 0 Å². The lowest BCUT2D eigenvalue weighted by Gasteiger charge is -2.22. The number of ether oxygens (including phenoxy) is 1. The molecular formula is C14H21ClN2O2.